The number of ether oxygens (including phenoxy) is 1. The quantitative estimate of drug-likeness (QED) is 0.896. The van der Waals surface area contributed by atoms with Gasteiger partial charge in [-0.3, -0.25) is 9.52 Å². The van der Waals surface area contributed by atoms with Gasteiger partial charge in [-0.05, 0) is 30.3 Å². The minimum absolute atomic E-state index is 0.155. The SMILES string of the molecule is O=C1COc2ccc(S(=O)(=O)Nc3ccc(F)cc3F)cc2N1. The van der Waals surface area contributed by atoms with Gasteiger partial charge in [-0.15, -0.1) is 0 Å². The number of amides is 1. The minimum Gasteiger partial charge on any atom is -0.482 e. The highest BCUT2D eigenvalue weighted by atomic mass is 32.2. The van der Waals surface area contributed by atoms with E-state index in [4.69, 9.17) is 4.74 Å². The van der Waals surface area contributed by atoms with Crippen LogP contribution in [0.1, 0.15) is 0 Å². The van der Waals surface area contributed by atoms with Gasteiger partial charge in [0, 0.05) is 6.07 Å². The van der Waals surface area contributed by atoms with Crippen LogP contribution in [-0.2, 0) is 14.8 Å². The lowest BCUT2D eigenvalue weighted by atomic mass is 10.2. The van der Waals surface area contributed by atoms with Crippen LogP contribution in [0.2, 0.25) is 0 Å². The molecule has 0 fully saturated rings. The number of carbonyl (C=O) groups is 1. The Bertz CT molecular complexity index is 900. The fraction of sp³-hybridized carbons (Fsp3) is 0.0714. The molecule has 0 saturated carbocycles. The van der Waals surface area contributed by atoms with E-state index < -0.39 is 27.6 Å². The zero-order chi connectivity index (χ0) is 16.6. The van der Waals surface area contributed by atoms with Crippen molar-refractivity contribution in [2.24, 2.45) is 0 Å². The molecule has 6 nitrogen and oxygen atoms in total. The molecular weight excluding hydrogens is 330 g/mol. The van der Waals surface area contributed by atoms with Gasteiger partial charge in [0.2, 0.25) is 0 Å². The Balaban J connectivity index is 1.93. The van der Waals surface area contributed by atoms with Crippen LogP contribution in [0, 0.1) is 11.6 Å². The molecule has 1 aliphatic heterocycles. The Morgan fingerprint density at radius 2 is 1.91 bits per heavy atom. The van der Waals surface area contributed by atoms with Crippen molar-refractivity contribution in [1.82, 2.24) is 0 Å². The molecule has 0 unspecified atom stereocenters. The molecule has 2 N–H and O–H groups in total. The van der Waals surface area contributed by atoms with E-state index in [2.05, 4.69) is 5.32 Å². The number of hydrogen-bond donors (Lipinski definition) is 2. The molecule has 0 bridgehead atoms. The Morgan fingerprint density at radius 1 is 1.13 bits per heavy atom. The maximum Gasteiger partial charge on any atom is 0.262 e. The summed E-state index contributed by atoms with van der Waals surface area (Å²) in [5.41, 5.74) is -0.187. The van der Waals surface area contributed by atoms with Crippen LogP contribution in [0.3, 0.4) is 0 Å². The first-order valence-electron chi connectivity index (χ1n) is 6.40. The highest BCUT2D eigenvalue weighted by molar-refractivity contribution is 7.92. The molecule has 120 valence electrons. The normalized spacial score (nSPS) is 13.7. The zero-order valence-electron chi connectivity index (χ0n) is 11.5. The monoisotopic (exact) mass is 340 g/mol. The predicted octanol–water partition coefficient (Wildman–Crippen LogP) is 2.10. The molecule has 1 heterocycles. The maximum atomic E-state index is 13.6. The Labute approximate surface area is 130 Å². The van der Waals surface area contributed by atoms with Gasteiger partial charge in [0.05, 0.1) is 16.3 Å². The smallest absolute Gasteiger partial charge is 0.262 e. The number of fused-ring (bicyclic) bond motifs is 1. The second-order valence-corrected chi connectivity index (χ2v) is 6.41. The lowest BCUT2D eigenvalue weighted by molar-refractivity contribution is -0.118. The molecule has 0 radical (unpaired) electrons. The largest absolute Gasteiger partial charge is 0.482 e. The van der Waals surface area contributed by atoms with Gasteiger partial charge in [-0.1, -0.05) is 0 Å². The average molecular weight is 340 g/mol. The number of nitrogens with one attached hydrogen (secondary N) is 2. The van der Waals surface area contributed by atoms with E-state index in [1.807, 2.05) is 4.72 Å². The number of halogens is 2. The van der Waals surface area contributed by atoms with E-state index in [0.29, 0.717) is 11.8 Å². The van der Waals surface area contributed by atoms with Gasteiger partial charge in [0.15, 0.2) is 6.61 Å². The summed E-state index contributed by atoms with van der Waals surface area (Å²) in [6.07, 6.45) is 0. The number of carbonyl (C=O) groups excluding carboxylic acids is 1. The zero-order valence-corrected chi connectivity index (χ0v) is 12.3. The van der Waals surface area contributed by atoms with E-state index in [1.54, 1.807) is 0 Å². The van der Waals surface area contributed by atoms with E-state index in [1.165, 1.54) is 18.2 Å². The summed E-state index contributed by atoms with van der Waals surface area (Å²) in [4.78, 5) is 11.1. The first kappa shape index (κ1) is 15.2. The maximum absolute atomic E-state index is 13.6. The van der Waals surface area contributed by atoms with Crippen molar-refractivity contribution in [2.75, 3.05) is 16.6 Å². The average Bonchev–Trinajstić information content (AvgIpc) is 2.49. The van der Waals surface area contributed by atoms with Crippen LogP contribution >= 0.6 is 0 Å². The third-order valence-electron chi connectivity index (χ3n) is 3.07. The second kappa shape index (κ2) is 5.51. The first-order valence-corrected chi connectivity index (χ1v) is 7.88. The van der Waals surface area contributed by atoms with Crippen molar-refractivity contribution in [3.63, 3.8) is 0 Å². The lowest BCUT2D eigenvalue weighted by Gasteiger charge is -2.18. The fourth-order valence-electron chi connectivity index (χ4n) is 2.01. The number of sulfonamides is 1. The van der Waals surface area contributed by atoms with Crippen molar-refractivity contribution in [2.45, 2.75) is 4.90 Å². The molecule has 1 aliphatic rings. The summed E-state index contributed by atoms with van der Waals surface area (Å²) in [6, 6.07) is 6.30. The summed E-state index contributed by atoms with van der Waals surface area (Å²) in [7, 11) is -4.12. The number of rotatable bonds is 3. The molecule has 2 aromatic carbocycles. The third-order valence-corrected chi connectivity index (χ3v) is 4.43. The summed E-state index contributed by atoms with van der Waals surface area (Å²) in [5, 5.41) is 2.48. The Kier molecular flexibility index (Phi) is 3.64. The van der Waals surface area contributed by atoms with E-state index >= 15 is 0 Å². The standard InChI is InChI=1S/C14H10F2N2O4S/c15-8-1-3-11(10(16)5-8)18-23(20,21)9-2-4-13-12(6-9)17-14(19)7-22-13/h1-6,18H,7H2,(H,17,19). The molecule has 2 aromatic rings. The molecule has 23 heavy (non-hydrogen) atoms. The van der Waals surface area contributed by atoms with Crippen molar-refractivity contribution in [1.29, 1.82) is 0 Å². The Hall–Kier alpha value is -2.68. The molecule has 0 spiro atoms. The Morgan fingerprint density at radius 3 is 2.65 bits per heavy atom. The van der Waals surface area contributed by atoms with Gasteiger partial charge in [0.25, 0.3) is 15.9 Å². The second-order valence-electron chi connectivity index (χ2n) is 4.72. The van der Waals surface area contributed by atoms with Crippen LogP contribution < -0.4 is 14.8 Å². The number of benzene rings is 2. The van der Waals surface area contributed by atoms with E-state index in [-0.39, 0.29) is 22.9 Å². The minimum atomic E-state index is -4.12. The first-order chi connectivity index (χ1) is 10.8. The van der Waals surface area contributed by atoms with Crippen molar-refractivity contribution in [3.8, 4) is 5.75 Å². The predicted molar refractivity (Wildman–Crippen MR) is 77.7 cm³/mol. The molecule has 0 atom stereocenters. The van der Waals surface area contributed by atoms with E-state index in [9.17, 15) is 22.0 Å². The topological polar surface area (TPSA) is 84.5 Å². The van der Waals surface area contributed by atoms with Crippen LogP contribution in [0.15, 0.2) is 41.3 Å². The van der Waals surface area contributed by atoms with Crippen LogP contribution in [-0.4, -0.2) is 20.9 Å². The van der Waals surface area contributed by atoms with Crippen molar-refractivity contribution >= 4 is 27.3 Å². The van der Waals surface area contributed by atoms with E-state index in [0.717, 1.165) is 12.1 Å². The molecule has 0 aliphatic carbocycles. The van der Waals surface area contributed by atoms with Gasteiger partial charge >= 0.3 is 0 Å². The van der Waals surface area contributed by atoms with Crippen LogP contribution in [0.5, 0.6) is 5.75 Å². The summed E-state index contributed by atoms with van der Waals surface area (Å²) >= 11 is 0. The number of anilines is 2. The van der Waals surface area contributed by atoms with Gasteiger partial charge < -0.3 is 10.1 Å². The molecule has 9 heteroatoms. The molecule has 1 amide bonds. The van der Waals surface area contributed by atoms with Gasteiger partial charge in [0.1, 0.15) is 17.4 Å². The molecule has 3 rings (SSSR count). The highest BCUT2D eigenvalue weighted by Gasteiger charge is 2.22. The third kappa shape index (κ3) is 3.09. The van der Waals surface area contributed by atoms with Gasteiger partial charge in [-0.2, -0.15) is 0 Å². The lowest BCUT2D eigenvalue weighted by Crippen LogP contribution is -2.25. The van der Waals surface area contributed by atoms with Crippen molar-refractivity contribution in [3.05, 3.63) is 48.0 Å². The molecular formula is C14H10F2N2O4S. The summed E-state index contributed by atoms with van der Waals surface area (Å²) in [6.45, 7) is -0.155. The van der Waals surface area contributed by atoms with Crippen molar-refractivity contribution < 1.29 is 26.7 Å². The molecule has 0 saturated heterocycles. The fourth-order valence-corrected chi connectivity index (χ4v) is 3.10. The highest BCUT2D eigenvalue weighted by Crippen LogP contribution is 2.31. The van der Waals surface area contributed by atoms with Crippen LogP contribution in [0.25, 0.3) is 0 Å². The summed E-state index contributed by atoms with van der Waals surface area (Å²) in [5.74, 6) is -1.94. The number of hydrogen-bond acceptors (Lipinski definition) is 4. The molecule has 0 aromatic heterocycles. The van der Waals surface area contributed by atoms with Crippen LogP contribution in [0.4, 0.5) is 20.2 Å². The van der Waals surface area contributed by atoms with Gasteiger partial charge in [-0.25, -0.2) is 17.2 Å². The summed E-state index contributed by atoms with van der Waals surface area (Å²) < 4.78 is 58.1.